The second-order valence-electron chi connectivity index (χ2n) is 5.03. The minimum Gasteiger partial charge on any atom is -0.490 e. The van der Waals surface area contributed by atoms with Crippen molar-refractivity contribution in [3.8, 4) is 5.75 Å². The second kappa shape index (κ2) is 7.30. The highest BCUT2D eigenvalue weighted by molar-refractivity contribution is 6.37. The Kier molecular flexibility index (Phi) is 5.70. The lowest BCUT2D eigenvalue weighted by atomic mass is 9.91. The molecule has 1 atom stereocenters. The average Bonchev–Trinajstić information content (AvgIpc) is 2.46. The molecular formula is C15H19Cl2NO2. The van der Waals surface area contributed by atoms with Crippen molar-refractivity contribution in [1.82, 2.24) is 5.32 Å². The standard InChI is InChI=1S/C15H19Cl2NO2/c1-2-6-20-15-12(16)7-11(8-13(15)17)14(19)10-4-3-5-18-9-10/h7-8,10,18H,2-6,9H2,1H3. The van der Waals surface area contributed by atoms with E-state index in [-0.39, 0.29) is 11.7 Å². The number of carbonyl (C=O) groups excluding carboxylic acids is 1. The Hall–Kier alpha value is -0.770. The van der Waals surface area contributed by atoms with E-state index in [0.717, 1.165) is 32.4 Å². The molecule has 3 nitrogen and oxygen atoms in total. The zero-order chi connectivity index (χ0) is 14.5. The molecule has 5 heteroatoms. The molecule has 1 N–H and O–H groups in total. The third kappa shape index (κ3) is 3.66. The van der Waals surface area contributed by atoms with Crippen molar-refractivity contribution in [1.29, 1.82) is 0 Å². The van der Waals surface area contributed by atoms with Gasteiger partial charge in [-0.05, 0) is 37.9 Å². The van der Waals surface area contributed by atoms with Gasteiger partial charge in [0, 0.05) is 18.0 Å². The number of benzene rings is 1. The summed E-state index contributed by atoms with van der Waals surface area (Å²) in [7, 11) is 0. The van der Waals surface area contributed by atoms with E-state index in [0.29, 0.717) is 28.0 Å². The van der Waals surface area contributed by atoms with Gasteiger partial charge >= 0.3 is 0 Å². The molecule has 0 aromatic heterocycles. The van der Waals surface area contributed by atoms with Crippen LogP contribution in [0.2, 0.25) is 10.0 Å². The number of halogens is 2. The Labute approximate surface area is 129 Å². The summed E-state index contributed by atoms with van der Waals surface area (Å²) in [5.74, 6) is 0.579. The van der Waals surface area contributed by atoms with Crippen molar-refractivity contribution in [2.24, 2.45) is 5.92 Å². The molecule has 1 aromatic carbocycles. The van der Waals surface area contributed by atoms with E-state index in [1.54, 1.807) is 12.1 Å². The number of ether oxygens (including phenoxy) is 1. The Morgan fingerprint density at radius 2 is 2.10 bits per heavy atom. The summed E-state index contributed by atoms with van der Waals surface area (Å²) in [5, 5.41) is 4.04. The fraction of sp³-hybridized carbons (Fsp3) is 0.533. The first-order valence-electron chi connectivity index (χ1n) is 7.00. The van der Waals surface area contributed by atoms with Crippen LogP contribution in [0.5, 0.6) is 5.75 Å². The molecule has 1 unspecified atom stereocenters. The lowest BCUT2D eigenvalue weighted by Crippen LogP contribution is -2.34. The Morgan fingerprint density at radius 1 is 1.40 bits per heavy atom. The lowest BCUT2D eigenvalue weighted by molar-refractivity contribution is 0.0899. The SMILES string of the molecule is CCCOc1c(Cl)cc(C(=O)C2CCCNC2)cc1Cl. The van der Waals surface area contributed by atoms with Crippen molar-refractivity contribution in [3.63, 3.8) is 0 Å². The smallest absolute Gasteiger partial charge is 0.167 e. The van der Waals surface area contributed by atoms with Gasteiger partial charge in [0.05, 0.1) is 16.7 Å². The van der Waals surface area contributed by atoms with Gasteiger partial charge in [0.1, 0.15) is 0 Å². The molecule has 0 aliphatic carbocycles. The molecule has 0 radical (unpaired) electrons. The van der Waals surface area contributed by atoms with E-state index in [1.807, 2.05) is 6.92 Å². The number of Topliss-reactive ketones (excluding diaryl/α,β-unsaturated/α-hetero) is 1. The number of carbonyl (C=O) groups is 1. The predicted molar refractivity (Wildman–Crippen MR) is 82.2 cm³/mol. The summed E-state index contributed by atoms with van der Waals surface area (Å²) in [6.07, 6.45) is 2.81. The highest BCUT2D eigenvalue weighted by Gasteiger charge is 2.23. The van der Waals surface area contributed by atoms with Crippen LogP contribution in [0.4, 0.5) is 0 Å². The fourth-order valence-corrected chi connectivity index (χ4v) is 2.95. The average molecular weight is 316 g/mol. The quantitative estimate of drug-likeness (QED) is 0.836. The van der Waals surface area contributed by atoms with Crippen LogP contribution in [0.1, 0.15) is 36.5 Å². The molecule has 1 aromatic rings. The van der Waals surface area contributed by atoms with Crippen LogP contribution < -0.4 is 10.1 Å². The third-order valence-corrected chi connectivity index (χ3v) is 3.96. The molecule has 1 saturated heterocycles. The maximum atomic E-state index is 12.4. The van der Waals surface area contributed by atoms with Gasteiger partial charge in [-0.2, -0.15) is 0 Å². The monoisotopic (exact) mass is 315 g/mol. The molecule has 1 aliphatic rings. The van der Waals surface area contributed by atoms with E-state index in [1.165, 1.54) is 0 Å². The van der Waals surface area contributed by atoms with E-state index >= 15 is 0 Å². The molecule has 110 valence electrons. The van der Waals surface area contributed by atoms with Gasteiger partial charge in [-0.15, -0.1) is 0 Å². The number of hydrogen-bond acceptors (Lipinski definition) is 3. The zero-order valence-electron chi connectivity index (χ0n) is 11.5. The second-order valence-corrected chi connectivity index (χ2v) is 5.84. The maximum Gasteiger partial charge on any atom is 0.167 e. The van der Waals surface area contributed by atoms with E-state index in [9.17, 15) is 4.79 Å². The minimum absolute atomic E-state index is 0.0123. The molecular weight excluding hydrogens is 297 g/mol. The summed E-state index contributed by atoms with van der Waals surface area (Å²) in [5.41, 5.74) is 0.567. The van der Waals surface area contributed by atoms with Gasteiger partial charge in [-0.3, -0.25) is 4.79 Å². The topological polar surface area (TPSA) is 38.3 Å². The lowest BCUT2D eigenvalue weighted by Gasteiger charge is -2.22. The molecule has 2 rings (SSSR count). The molecule has 20 heavy (non-hydrogen) atoms. The number of rotatable bonds is 5. The van der Waals surface area contributed by atoms with Crippen LogP contribution >= 0.6 is 23.2 Å². The Bertz CT molecular complexity index is 462. The normalized spacial score (nSPS) is 18.9. The van der Waals surface area contributed by atoms with Gasteiger partial charge in [-0.25, -0.2) is 0 Å². The maximum absolute atomic E-state index is 12.4. The third-order valence-electron chi connectivity index (χ3n) is 3.40. The van der Waals surface area contributed by atoms with Crippen LogP contribution in [0.25, 0.3) is 0 Å². The highest BCUT2D eigenvalue weighted by atomic mass is 35.5. The van der Waals surface area contributed by atoms with Crippen LogP contribution in [0.15, 0.2) is 12.1 Å². The molecule has 0 amide bonds. The molecule has 0 spiro atoms. The summed E-state index contributed by atoms with van der Waals surface area (Å²) in [6, 6.07) is 3.32. The van der Waals surface area contributed by atoms with Crippen LogP contribution in [0.3, 0.4) is 0 Å². The minimum atomic E-state index is 0.0123. The van der Waals surface area contributed by atoms with E-state index in [4.69, 9.17) is 27.9 Å². The van der Waals surface area contributed by atoms with Crippen molar-refractivity contribution in [2.75, 3.05) is 19.7 Å². The van der Waals surface area contributed by atoms with Gasteiger partial charge in [0.15, 0.2) is 11.5 Å². The molecule has 1 aliphatic heterocycles. The van der Waals surface area contributed by atoms with E-state index < -0.39 is 0 Å². The van der Waals surface area contributed by atoms with Gasteiger partial charge in [0.2, 0.25) is 0 Å². The Morgan fingerprint density at radius 3 is 2.65 bits per heavy atom. The highest BCUT2D eigenvalue weighted by Crippen LogP contribution is 2.35. The molecule has 0 bridgehead atoms. The molecule has 1 heterocycles. The van der Waals surface area contributed by atoms with Crippen LogP contribution in [0, 0.1) is 5.92 Å². The Balaban J connectivity index is 2.18. The summed E-state index contributed by atoms with van der Waals surface area (Å²) >= 11 is 12.4. The zero-order valence-corrected chi connectivity index (χ0v) is 13.1. The summed E-state index contributed by atoms with van der Waals surface area (Å²) in [6.45, 7) is 4.27. The molecule has 1 fully saturated rings. The summed E-state index contributed by atoms with van der Waals surface area (Å²) in [4.78, 5) is 12.4. The fourth-order valence-electron chi connectivity index (χ4n) is 2.36. The van der Waals surface area contributed by atoms with Gasteiger partial charge in [-0.1, -0.05) is 30.1 Å². The van der Waals surface area contributed by atoms with Crippen molar-refractivity contribution >= 4 is 29.0 Å². The number of nitrogens with one attached hydrogen (secondary N) is 1. The number of ketones is 1. The van der Waals surface area contributed by atoms with Crippen molar-refractivity contribution in [3.05, 3.63) is 27.7 Å². The largest absolute Gasteiger partial charge is 0.490 e. The van der Waals surface area contributed by atoms with Gasteiger partial charge in [0.25, 0.3) is 0 Å². The number of piperidine rings is 1. The van der Waals surface area contributed by atoms with Gasteiger partial charge < -0.3 is 10.1 Å². The summed E-state index contributed by atoms with van der Waals surface area (Å²) < 4.78 is 5.51. The predicted octanol–water partition coefficient (Wildman–Crippen LogP) is 3.96. The number of hydrogen-bond donors (Lipinski definition) is 1. The molecule has 0 saturated carbocycles. The first kappa shape index (κ1) is 15.6. The van der Waals surface area contributed by atoms with Crippen LogP contribution in [-0.2, 0) is 0 Å². The van der Waals surface area contributed by atoms with Crippen molar-refractivity contribution < 1.29 is 9.53 Å². The van der Waals surface area contributed by atoms with Crippen molar-refractivity contribution in [2.45, 2.75) is 26.2 Å². The van der Waals surface area contributed by atoms with Crippen LogP contribution in [-0.4, -0.2) is 25.5 Å². The first-order valence-corrected chi connectivity index (χ1v) is 7.75. The first-order chi connectivity index (χ1) is 9.63. The van der Waals surface area contributed by atoms with E-state index in [2.05, 4.69) is 5.32 Å².